The van der Waals surface area contributed by atoms with Gasteiger partial charge in [-0.25, -0.2) is 0 Å². The maximum atomic E-state index is 8.29. The summed E-state index contributed by atoms with van der Waals surface area (Å²) in [5, 5.41) is 8.29. The van der Waals surface area contributed by atoms with Gasteiger partial charge in [0.25, 0.3) is 0 Å². The Morgan fingerprint density at radius 2 is 2.44 bits per heavy atom. The highest BCUT2D eigenvalue weighted by Crippen LogP contribution is 1.91. The van der Waals surface area contributed by atoms with Crippen molar-refractivity contribution in [3.63, 3.8) is 0 Å². The van der Waals surface area contributed by atoms with Crippen LogP contribution in [0.25, 0.3) is 0 Å². The summed E-state index contributed by atoms with van der Waals surface area (Å²) in [5.74, 6) is 0. The molecule has 0 aliphatic heterocycles. The maximum absolute atomic E-state index is 8.29. The Morgan fingerprint density at radius 3 is 2.78 bits per heavy atom. The van der Waals surface area contributed by atoms with E-state index in [1.165, 1.54) is 13.2 Å². The monoisotopic (exact) mass is 132 g/mol. The van der Waals surface area contributed by atoms with Gasteiger partial charge in [0.2, 0.25) is 0 Å². The Morgan fingerprint density at radius 1 is 1.78 bits per heavy atom. The molecule has 3 nitrogen and oxygen atoms in total. The molecule has 9 heavy (non-hydrogen) atoms. The third-order valence-electron chi connectivity index (χ3n) is 0.798. The first kappa shape index (κ1) is 8.62. The molecule has 0 aliphatic carbocycles. The van der Waals surface area contributed by atoms with Crippen LogP contribution in [0.1, 0.15) is 0 Å². The van der Waals surface area contributed by atoms with Crippen molar-refractivity contribution in [3.8, 4) is 0 Å². The van der Waals surface area contributed by atoms with Crippen molar-refractivity contribution in [2.75, 3.05) is 20.3 Å². The van der Waals surface area contributed by atoms with Crippen LogP contribution in [0.5, 0.6) is 0 Å². The van der Waals surface area contributed by atoms with Crippen LogP contribution >= 0.6 is 0 Å². The molecule has 0 saturated heterocycles. The molecule has 0 radical (unpaired) electrons. The van der Waals surface area contributed by atoms with Gasteiger partial charge in [0.05, 0.1) is 13.2 Å². The molecule has 0 bridgehead atoms. The molecule has 0 fully saturated rings. The molecule has 0 heterocycles. The molecule has 0 saturated carbocycles. The predicted octanol–water partition coefficient (Wildman–Crippen LogP) is 0.154. The quantitative estimate of drug-likeness (QED) is 0.427. The van der Waals surface area contributed by atoms with Gasteiger partial charge in [0, 0.05) is 7.11 Å². The van der Waals surface area contributed by atoms with E-state index in [0.29, 0.717) is 0 Å². The number of aliphatic hydroxyl groups excluding tert-OH is 1. The summed E-state index contributed by atoms with van der Waals surface area (Å²) >= 11 is 0. The van der Waals surface area contributed by atoms with Gasteiger partial charge in [0.15, 0.2) is 6.29 Å². The first-order valence-corrected chi connectivity index (χ1v) is 2.73. The zero-order valence-electron chi connectivity index (χ0n) is 5.54. The van der Waals surface area contributed by atoms with Gasteiger partial charge in [-0.3, -0.25) is 0 Å². The van der Waals surface area contributed by atoms with E-state index in [2.05, 4.69) is 6.58 Å². The van der Waals surface area contributed by atoms with Crippen molar-refractivity contribution >= 4 is 0 Å². The normalized spacial score (nSPS) is 13.1. The van der Waals surface area contributed by atoms with Crippen molar-refractivity contribution < 1.29 is 14.6 Å². The second-order valence-electron chi connectivity index (χ2n) is 1.43. The lowest BCUT2D eigenvalue weighted by atomic mass is 10.6. The minimum atomic E-state index is -0.392. The SMILES string of the molecule is C=CC(OC)OCCO. The number of methoxy groups -OCH3 is 1. The van der Waals surface area contributed by atoms with E-state index < -0.39 is 6.29 Å². The summed E-state index contributed by atoms with van der Waals surface area (Å²) in [6, 6.07) is 0. The molecule has 1 unspecified atom stereocenters. The zero-order valence-corrected chi connectivity index (χ0v) is 5.54. The first-order valence-electron chi connectivity index (χ1n) is 2.73. The molecule has 0 aliphatic rings. The third kappa shape index (κ3) is 4.14. The summed E-state index contributed by atoms with van der Waals surface area (Å²) in [6.07, 6.45) is 1.13. The number of rotatable bonds is 5. The standard InChI is InChI=1S/C6H12O3/c1-3-6(8-2)9-5-4-7/h3,6-7H,1,4-5H2,2H3. The Kier molecular flexibility index (Phi) is 5.51. The van der Waals surface area contributed by atoms with Gasteiger partial charge in [-0.05, 0) is 6.08 Å². The molecule has 0 rings (SSSR count). The minimum Gasteiger partial charge on any atom is -0.394 e. The molecular formula is C6H12O3. The van der Waals surface area contributed by atoms with Crippen molar-refractivity contribution in [1.29, 1.82) is 0 Å². The minimum absolute atomic E-state index is 0.00764. The zero-order chi connectivity index (χ0) is 7.11. The van der Waals surface area contributed by atoms with Crippen molar-refractivity contribution in [2.45, 2.75) is 6.29 Å². The van der Waals surface area contributed by atoms with Gasteiger partial charge in [-0.1, -0.05) is 6.58 Å². The van der Waals surface area contributed by atoms with Crippen LogP contribution in [0.4, 0.5) is 0 Å². The lowest BCUT2D eigenvalue weighted by Crippen LogP contribution is -2.14. The van der Waals surface area contributed by atoms with Gasteiger partial charge in [-0.15, -0.1) is 0 Å². The smallest absolute Gasteiger partial charge is 0.176 e. The van der Waals surface area contributed by atoms with Crippen LogP contribution in [0.15, 0.2) is 12.7 Å². The number of aliphatic hydroxyl groups is 1. The van der Waals surface area contributed by atoms with E-state index in [9.17, 15) is 0 Å². The largest absolute Gasteiger partial charge is 0.394 e. The molecule has 0 aromatic carbocycles. The van der Waals surface area contributed by atoms with E-state index in [-0.39, 0.29) is 13.2 Å². The molecule has 3 heteroatoms. The molecule has 1 atom stereocenters. The topological polar surface area (TPSA) is 38.7 Å². The molecule has 0 aromatic heterocycles. The van der Waals surface area contributed by atoms with Crippen molar-refractivity contribution in [1.82, 2.24) is 0 Å². The molecule has 0 aromatic rings. The summed E-state index contributed by atoms with van der Waals surface area (Å²) in [4.78, 5) is 0. The number of hydrogen-bond donors (Lipinski definition) is 1. The summed E-state index contributed by atoms with van der Waals surface area (Å²) < 4.78 is 9.65. The molecular weight excluding hydrogens is 120 g/mol. The van der Waals surface area contributed by atoms with Gasteiger partial charge >= 0.3 is 0 Å². The van der Waals surface area contributed by atoms with Crippen LogP contribution in [0.3, 0.4) is 0 Å². The van der Waals surface area contributed by atoms with Crippen molar-refractivity contribution in [2.24, 2.45) is 0 Å². The van der Waals surface area contributed by atoms with Crippen LogP contribution in [0.2, 0.25) is 0 Å². The average Bonchev–Trinajstić information content (AvgIpc) is 1.91. The van der Waals surface area contributed by atoms with Gasteiger partial charge in [0.1, 0.15) is 0 Å². The highest BCUT2D eigenvalue weighted by Gasteiger charge is 1.97. The van der Waals surface area contributed by atoms with Crippen LogP contribution < -0.4 is 0 Å². The summed E-state index contributed by atoms with van der Waals surface area (Å²) in [5.41, 5.74) is 0. The first-order chi connectivity index (χ1) is 4.35. The Labute approximate surface area is 54.9 Å². The van der Waals surface area contributed by atoms with Crippen LogP contribution in [0, 0.1) is 0 Å². The lowest BCUT2D eigenvalue weighted by molar-refractivity contribution is -0.0976. The Bertz CT molecular complexity index is 72.7. The van der Waals surface area contributed by atoms with Crippen molar-refractivity contribution in [3.05, 3.63) is 12.7 Å². The Hall–Kier alpha value is -0.380. The van der Waals surface area contributed by atoms with E-state index in [0.717, 1.165) is 0 Å². The van der Waals surface area contributed by atoms with E-state index in [4.69, 9.17) is 14.6 Å². The summed E-state index contributed by atoms with van der Waals surface area (Å²) in [6.45, 7) is 3.74. The fourth-order valence-electron chi connectivity index (χ4n) is 0.401. The predicted molar refractivity (Wildman–Crippen MR) is 34.0 cm³/mol. The second kappa shape index (κ2) is 5.75. The Balaban J connectivity index is 3.20. The molecule has 54 valence electrons. The molecule has 0 amide bonds. The third-order valence-corrected chi connectivity index (χ3v) is 0.798. The number of hydrogen-bond acceptors (Lipinski definition) is 3. The van der Waals surface area contributed by atoms with Gasteiger partial charge < -0.3 is 14.6 Å². The molecule has 1 N–H and O–H groups in total. The van der Waals surface area contributed by atoms with Crippen LogP contribution in [-0.2, 0) is 9.47 Å². The lowest BCUT2D eigenvalue weighted by Gasteiger charge is -2.09. The van der Waals surface area contributed by atoms with E-state index >= 15 is 0 Å². The van der Waals surface area contributed by atoms with Crippen LogP contribution in [-0.4, -0.2) is 31.7 Å². The maximum Gasteiger partial charge on any atom is 0.176 e. The van der Waals surface area contributed by atoms with E-state index in [1.807, 2.05) is 0 Å². The average molecular weight is 132 g/mol. The highest BCUT2D eigenvalue weighted by atomic mass is 16.7. The number of ether oxygens (including phenoxy) is 2. The second-order valence-corrected chi connectivity index (χ2v) is 1.43. The fourth-order valence-corrected chi connectivity index (χ4v) is 0.401. The van der Waals surface area contributed by atoms with Gasteiger partial charge in [-0.2, -0.15) is 0 Å². The molecule has 0 spiro atoms. The summed E-state index contributed by atoms with van der Waals surface area (Å²) in [7, 11) is 1.52. The van der Waals surface area contributed by atoms with E-state index in [1.54, 1.807) is 0 Å². The highest BCUT2D eigenvalue weighted by molar-refractivity contribution is 4.70. The fraction of sp³-hybridized carbons (Fsp3) is 0.667.